The molecule has 0 amide bonds. The van der Waals surface area contributed by atoms with Gasteiger partial charge in [-0.2, -0.15) is 9.61 Å². The van der Waals surface area contributed by atoms with Gasteiger partial charge in [-0.1, -0.05) is 24.3 Å². The first-order valence-corrected chi connectivity index (χ1v) is 6.33. The number of aryl methyl sites for hydroxylation is 1. The Labute approximate surface area is 94.2 Å². The van der Waals surface area contributed by atoms with Crippen LogP contribution in [-0.2, 0) is 6.42 Å². The van der Waals surface area contributed by atoms with Gasteiger partial charge in [0.05, 0.1) is 4.88 Å². The van der Waals surface area contributed by atoms with Gasteiger partial charge in [-0.15, -0.1) is 21.5 Å². The summed E-state index contributed by atoms with van der Waals surface area (Å²) in [6.07, 6.45) is 0.942. The maximum atomic E-state index is 4.46. The molecule has 3 rings (SSSR count). The summed E-state index contributed by atoms with van der Waals surface area (Å²) in [5.74, 6) is 0.843. The molecule has 0 radical (unpaired) electrons. The number of hydrogen-bond donors (Lipinski definition) is 0. The zero-order valence-corrected chi connectivity index (χ0v) is 9.68. The van der Waals surface area contributed by atoms with E-state index < -0.39 is 0 Å². The molecule has 3 heterocycles. The van der Waals surface area contributed by atoms with Crippen LogP contribution in [0, 0.1) is 0 Å². The lowest BCUT2D eigenvalue weighted by Crippen LogP contribution is -1.89. The first kappa shape index (κ1) is 8.99. The van der Waals surface area contributed by atoms with E-state index in [0.29, 0.717) is 0 Å². The number of aromatic nitrogens is 4. The number of nitrogens with zero attached hydrogens (tertiary/aromatic N) is 4. The maximum absolute atomic E-state index is 4.46. The number of fused-ring (bicyclic) bond motifs is 1. The molecular weight excluding hydrogens is 228 g/mol. The first-order chi connectivity index (χ1) is 7.38. The van der Waals surface area contributed by atoms with Gasteiger partial charge >= 0.3 is 0 Å². The monoisotopic (exact) mass is 236 g/mol. The Bertz CT molecular complexity index is 578. The average Bonchev–Trinajstić information content (AvgIpc) is 2.92. The second-order valence-corrected chi connectivity index (χ2v) is 5.03. The largest absolute Gasteiger partial charge is 0.234 e. The number of hydrogen-bond acceptors (Lipinski definition) is 5. The Kier molecular flexibility index (Phi) is 2.03. The summed E-state index contributed by atoms with van der Waals surface area (Å²) in [6.45, 7) is 2.09. The molecule has 0 spiro atoms. The summed E-state index contributed by atoms with van der Waals surface area (Å²) in [5.41, 5.74) is 0. The van der Waals surface area contributed by atoms with Gasteiger partial charge in [0.15, 0.2) is 5.82 Å². The van der Waals surface area contributed by atoms with Crippen LogP contribution in [0.4, 0.5) is 0 Å². The molecule has 0 bridgehead atoms. The van der Waals surface area contributed by atoms with Crippen molar-refractivity contribution in [2.24, 2.45) is 0 Å². The van der Waals surface area contributed by atoms with Crippen molar-refractivity contribution in [2.45, 2.75) is 13.3 Å². The van der Waals surface area contributed by atoms with Crippen molar-refractivity contribution in [3.05, 3.63) is 22.5 Å². The third kappa shape index (κ3) is 1.37. The van der Waals surface area contributed by atoms with Gasteiger partial charge in [0.1, 0.15) is 5.01 Å². The van der Waals surface area contributed by atoms with E-state index in [0.717, 1.165) is 27.1 Å². The van der Waals surface area contributed by atoms with Crippen LogP contribution in [0.3, 0.4) is 0 Å². The topological polar surface area (TPSA) is 43.1 Å². The lowest BCUT2D eigenvalue weighted by atomic mass is 10.4. The van der Waals surface area contributed by atoms with E-state index in [-0.39, 0.29) is 0 Å². The summed E-state index contributed by atoms with van der Waals surface area (Å²) >= 11 is 3.25. The number of thiophene rings is 1. The van der Waals surface area contributed by atoms with Crippen LogP contribution in [0.2, 0.25) is 0 Å². The van der Waals surface area contributed by atoms with Crippen molar-refractivity contribution in [3.63, 3.8) is 0 Å². The molecule has 0 atom stereocenters. The van der Waals surface area contributed by atoms with Gasteiger partial charge in [0.2, 0.25) is 4.96 Å². The summed E-state index contributed by atoms with van der Waals surface area (Å²) in [6, 6.07) is 4.04. The molecule has 3 aromatic heterocycles. The Morgan fingerprint density at radius 3 is 3.07 bits per heavy atom. The predicted octanol–water partition coefficient (Wildman–Crippen LogP) is 2.48. The maximum Gasteiger partial charge on any atom is 0.234 e. The highest BCUT2D eigenvalue weighted by Gasteiger charge is 2.12. The average molecular weight is 236 g/mol. The Morgan fingerprint density at radius 1 is 1.40 bits per heavy atom. The lowest BCUT2D eigenvalue weighted by molar-refractivity contribution is 0.909. The van der Waals surface area contributed by atoms with Gasteiger partial charge in [-0.05, 0) is 17.9 Å². The highest BCUT2D eigenvalue weighted by Crippen LogP contribution is 2.25. The van der Waals surface area contributed by atoms with Crippen LogP contribution in [0.25, 0.3) is 15.7 Å². The van der Waals surface area contributed by atoms with Crippen molar-refractivity contribution >= 4 is 27.6 Å². The standard InChI is InChI=1S/C9H8N4S2/c1-2-7-12-13-8(6-4-3-5-14-6)10-11-9(13)15-7/h3-5H,2H2,1H3. The third-order valence-electron chi connectivity index (χ3n) is 2.08. The highest BCUT2D eigenvalue weighted by molar-refractivity contribution is 7.16. The molecule has 0 aliphatic rings. The quantitative estimate of drug-likeness (QED) is 0.686. The molecule has 3 aromatic rings. The molecule has 0 saturated heterocycles. The van der Waals surface area contributed by atoms with Crippen LogP contribution < -0.4 is 0 Å². The van der Waals surface area contributed by atoms with Gasteiger partial charge in [0, 0.05) is 0 Å². The molecule has 0 fully saturated rings. The SMILES string of the molecule is CCc1nn2c(-c3cccs3)nnc2s1. The second-order valence-electron chi connectivity index (χ2n) is 3.04. The molecular formula is C9H8N4S2. The van der Waals surface area contributed by atoms with Crippen molar-refractivity contribution in [1.82, 2.24) is 19.8 Å². The fourth-order valence-electron chi connectivity index (χ4n) is 1.36. The van der Waals surface area contributed by atoms with Crippen LogP contribution >= 0.6 is 22.7 Å². The van der Waals surface area contributed by atoms with Gasteiger partial charge < -0.3 is 0 Å². The predicted molar refractivity (Wildman–Crippen MR) is 61.4 cm³/mol. The fraction of sp³-hybridized carbons (Fsp3) is 0.222. The molecule has 0 N–H and O–H groups in total. The van der Waals surface area contributed by atoms with Gasteiger partial charge in [-0.3, -0.25) is 0 Å². The Morgan fingerprint density at radius 2 is 2.33 bits per heavy atom. The van der Waals surface area contributed by atoms with Gasteiger partial charge in [0.25, 0.3) is 0 Å². The molecule has 0 saturated carbocycles. The first-order valence-electron chi connectivity index (χ1n) is 4.63. The van der Waals surface area contributed by atoms with Crippen LogP contribution in [0.5, 0.6) is 0 Å². The summed E-state index contributed by atoms with van der Waals surface area (Å²) in [7, 11) is 0. The van der Waals surface area contributed by atoms with Crippen LogP contribution in [0.1, 0.15) is 11.9 Å². The van der Waals surface area contributed by atoms with Crippen LogP contribution in [0.15, 0.2) is 17.5 Å². The molecule has 0 aliphatic heterocycles. The zero-order chi connectivity index (χ0) is 10.3. The van der Waals surface area contributed by atoms with Crippen molar-refractivity contribution in [2.75, 3.05) is 0 Å². The van der Waals surface area contributed by atoms with E-state index in [4.69, 9.17) is 0 Å². The van der Waals surface area contributed by atoms with E-state index in [1.807, 2.05) is 22.0 Å². The molecule has 0 aliphatic carbocycles. The van der Waals surface area contributed by atoms with Crippen molar-refractivity contribution < 1.29 is 0 Å². The van der Waals surface area contributed by atoms with E-state index in [9.17, 15) is 0 Å². The van der Waals surface area contributed by atoms with E-state index in [1.165, 1.54) is 0 Å². The molecule has 6 heteroatoms. The van der Waals surface area contributed by atoms with Crippen molar-refractivity contribution in [1.29, 1.82) is 0 Å². The summed E-state index contributed by atoms with van der Waals surface area (Å²) in [5, 5.41) is 15.9. The smallest absolute Gasteiger partial charge is 0.182 e. The minimum atomic E-state index is 0.843. The Balaban J connectivity index is 2.23. The molecule has 0 aromatic carbocycles. The van der Waals surface area contributed by atoms with E-state index in [1.54, 1.807) is 22.7 Å². The minimum absolute atomic E-state index is 0.843. The molecule has 0 unspecified atom stereocenters. The highest BCUT2D eigenvalue weighted by atomic mass is 32.1. The fourth-order valence-corrected chi connectivity index (χ4v) is 2.83. The Hall–Kier alpha value is -1.27. The van der Waals surface area contributed by atoms with Gasteiger partial charge in [-0.25, -0.2) is 0 Å². The van der Waals surface area contributed by atoms with E-state index in [2.05, 4.69) is 22.2 Å². The lowest BCUT2D eigenvalue weighted by Gasteiger charge is -1.89. The zero-order valence-electron chi connectivity index (χ0n) is 8.04. The normalized spacial score (nSPS) is 11.3. The molecule has 4 nitrogen and oxygen atoms in total. The summed E-state index contributed by atoms with van der Waals surface area (Å²) < 4.78 is 1.83. The number of rotatable bonds is 2. The van der Waals surface area contributed by atoms with E-state index >= 15 is 0 Å². The second kappa shape index (κ2) is 3.39. The third-order valence-corrected chi connectivity index (χ3v) is 3.99. The molecule has 15 heavy (non-hydrogen) atoms. The molecule has 76 valence electrons. The van der Waals surface area contributed by atoms with Crippen LogP contribution in [-0.4, -0.2) is 19.8 Å². The minimum Gasteiger partial charge on any atom is -0.182 e. The van der Waals surface area contributed by atoms with Crippen molar-refractivity contribution in [3.8, 4) is 10.7 Å². The summed E-state index contributed by atoms with van der Waals surface area (Å²) in [4.78, 5) is 1.98.